The number of fused-ring (bicyclic) bond motifs is 5. The van der Waals surface area contributed by atoms with E-state index in [1.807, 2.05) is 0 Å². The molecule has 0 N–H and O–H groups in total. The van der Waals surface area contributed by atoms with E-state index in [1.54, 1.807) is 0 Å². The molecule has 0 saturated carbocycles. The molecule has 0 fully saturated rings. The second kappa shape index (κ2) is 10.8. The van der Waals surface area contributed by atoms with Gasteiger partial charge in [0.25, 0.3) is 0 Å². The molecule has 8 aromatic carbocycles. The fourth-order valence-corrected chi connectivity index (χ4v) is 7.02. The second-order valence-electron chi connectivity index (χ2n) is 11.8. The SMILES string of the molecule is c1ccc2c(N(c3ccc(-c4ccc(-n5c6ccccc6c6ccccc65)cc4)cc3)c3cccc4ccccc34)cccc2c1. The zero-order chi connectivity index (χ0) is 30.5. The average molecular weight is 587 g/mol. The predicted octanol–water partition coefficient (Wildman–Crippen LogP) is 12.2. The normalized spacial score (nSPS) is 11.5. The minimum absolute atomic E-state index is 1.12. The van der Waals surface area contributed by atoms with Crippen LogP contribution in [0, 0.1) is 0 Å². The molecule has 0 aliphatic carbocycles. The third-order valence-corrected chi connectivity index (χ3v) is 9.18. The standard InChI is InChI=1S/C44H30N2/c1-3-15-37-33(11-1)13-9-21-41(37)45(42-22-10-14-34-12-2-4-16-38(34)42)35-27-23-31(24-28-35)32-25-29-36(30-26-32)46-43-19-7-5-17-39(43)40-18-6-8-20-44(40)46/h1-30H. The first-order valence-corrected chi connectivity index (χ1v) is 15.8. The minimum atomic E-state index is 1.12. The monoisotopic (exact) mass is 586 g/mol. The number of nitrogens with zero attached hydrogens (tertiary/aromatic N) is 2. The quantitative estimate of drug-likeness (QED) is 0.195. The number of rotatable bonds is 5. The number of para-hydroxylation sites is 2. The predicted molar refractivity (Wildman–Crippen MR) is 196 cm³/mol. The number of anilines is 3. The molecule has 2 nitrogen and oxygen atoms in total. The highest BCUT2D eigenvalue weighted by molar-refractivity contribution is 6.09. The molecular formula is C44H30N2. The maximum Gasteiger partial charge on any atom is 0.0541 e. The Morgan fingerprint density at radius 3 is 1.26 bits per heavy atom. The molecule has 9 rings (SSSR count). The van der Waals surface area contributed by atoms with Crippen LogP contribution < -0.4 is 4.90 Å². The third-order valence-electron chi connectivity index (χ3n) is 9.18. The van der Waals surface area contributed by atoms with E-state index in [9.17, 15) is 0 Å². The van der Waals surface area contributed by atoms with Crippen molar-refractivity contribution in [2.24, 2.45) is 0 Å². The van der Waals surface area contributed by atoms with Crippen LogP contribution in [0.5, 0.6) is 0 Å². The third kappa shape index (κ3) is 4.27. The van der Waals surface area contributed by atoms with Gasteiger partial charge in [-0.25, -0.2) is 0 Å². The van der Waals surface area contributed by atoms with E-state index in [-0.39, 0.29) is 0 Å². The summed E-state index contributed by atoms with van der Waals surface area (Å²) < 4.78 is 2.36. The summed E-state index contributed by atoms with van der Waals surface area (Å²) in [7, 11) is 0. The summed E-state index contributed by atoms with van der Waals surface area (Å²) in [6, 6.07) is 65.7. The minimum Gasteiger partial charge on any atom is -0.309 e. The van der Waals surface area contributed by atoms with Crippen LogP contribution in [0.3, 0.4) is 0 Å². The van der Waals surface area contributed by atoms with Crippen LogP contribution in [-0.2, 0) is 0 Å². The zero-order valence-electron chi connectivity index (χ0n) is 25.2. The number of hydrogen-bond donors (Lipinski definition) is 0. The summed E-state index contributed by atoms with van der Waals surface area (Å²) in [5.41, 5.74) is 9.45. The summed E-state index contributed by atoms with van der Waals surface area (Å²) in [6.07, 6.45) is 0. The first-order valence-electron chi connectivity index (χ1n) is 15.8. The van der Waals surface area contributed by atoms with Crippen LogP contribution in [0.2, 0.25) is 0 Å². The molecule has 46 heavy (non-hydrogen) atoms. The van der Waals surface area contributed by atoms with Gasteiger partial charge in [-0.15, -0.1) is 0 Å². The van der Waals surface area contributed by atoms with Crippen molar-refractivity contribution in [2.45, 2.75) is 0 Å². The Morgan fingerprint density at radius 2 is 0.739 bits per heavy atom. The molecule has 0 radical (unpaired) electrons. The largest absolute Gasteiger partial charge is 0.309 e. The Kier molecular flexibility index (Phi) is 6.17. The molecular weight excluding hydrogens is 556 g/mol. The van der Waals surface area contributed by atoms with Gasteiger partial charge in [-0.1, -0.05) is 133 Å². The molecule has 0 spiro atoms. The highest BCUT2D eigenvalue weighted by Gasteiger charge is 2.18. The maximum atomic E-state index is 2.40. The van der Waals surface area contributed by atoms with Crippen LogP contribution in [-0.4, -0.2) is 4.57 Å². The topological polar surface area (TPSA) is 8.17 Å². The van der Waals surface area contributed by atoms with Crippen LogP contribution in [0.4, 0.5) is 17.1 Å². The van der Waals surface area contributed by atoms with Crippen molar-refractivity contribution >= 4 is 60.4 Å². The van der Waals surface area contributed by atoms with E-state index in [1.165, 1.54) is 54.5 Å². The van der Waals surface area contributed by atoms with Gasteiger partial charge in [-0.2, -0.15) is 0 Å². The lowest BCUT2D eigenvalue weighted by atomic mass is 10.0. The number of aromatic nitrogens is 1. The molecule has 0 aliphatic rings. The number of benzene rings is 8. The summed E-state index contributed by atoms with van der Waals surface area (Å²) in [4.78, 5) is 2.40. The van der Waals surface area contributed by atoms with Crippen molar-refractivity contribution in [2.75, 3.05) is 4.90 Å². The van der Waals surface area contributed by atoms with E-state index >= 15 is 0 Å². The van der Waals surface area contributed by atoms with Gasteiger partial charge in [0.1, 0.15) is 0 Å². The molecule has 0 amide bonds. The molecule has 9 aromatic rings. The Labute approximate surface area is 268 Å². The zero-order valence-corrected chi connectivity index (χ0v) is 25.2. The van der Waals surface area contributed by atoms with Crippen molar-refractivity contribution in [1.82, 2.24) is 4.57 Å². The van der Waals surface area contributed by atoms with Gasteiger partial charge in [-0.05, 0) is 70.4 Å². The molecule has 1 aromatic heterocycles. The van der Waals surface area contributed by atoms with E-state index in [0.29, 0.717) is 0 Å². The van der Waals surface area contributed by atoms with Crippen molar-refractivity contribution in [1.29, 1.82) is 0 Å². The van der Waals surface area contributed by atoms with Gasteiger partial charge < -0.3 is 9.47 Å². The maximum absolute atomic E-state index is 2.40. The van der Waals surface area contributed by atoms with Gasteiger partial charge in [0.05, 0.1) is 22.4 Å². The van der Waals surface area contributed by atoms with Crippen molar-refractivity contribution < 1.29 is 0 Å². The number of hydrogen-bond acceptors (Lipinski definition) is 1. The molecule has 0 saturated heterocycles. The summed E-state index contributed by atoms with van der Waals surface area (Å²) in [6.45, 7) is 0. The van der Waals surface area contributed by atoms with Gasteiger partial charge in [0, 0.05) is 32.9 Å². The molecule has 0 atom stereocenters. The smallest absolute Gasteiger partial charge is 0.0541 e. The van der Waals surface area contributed by atoms with Gasteiger partial charge >= 0.3 is 0 Å². The molecule has 1 heterocycles. The summed E-state index contributed by atoms with van der Waals surface area (Å²) in [5.74, 6) is 0. The Morgan fingerprint density at radius 1 is 0.326 bits per heavy atom. The van der Waals surface area contributed by atoms with Crippen LogP contribution in [0.1, 0.15) is 0 Å². The van der Waals surface area contributed by atoms with Crippen molar-refractivity contribution in [3.8, 4) is 16.8 Å². The van der Waals surface area contributed by atoms with Crippen LogP contribution in [0.15, 0.2) is 182 Å². The first kappa shape index (κ1) is 26.3. The Hall–Kier alpha value is -6.12. The lowest BCUT2D eigenvalue weighted by molar-refractivity contribution is 1.18. The van der Waals surface area contributed by atoms with E-state index in [0.717, 1.165) is 22.7 Å². The summed E-state index contributed by atoms with van der Waals surface area (Å²) in [5, 5.41) is 7.46. The Bertz CT molecular complexity index is 2380. The fourth-order valence-electron chi connectivity index (χ4n) is 7.02. The fraction of sp³-hybridized carbons (Fsp3) is 0. The lowest BCUT2D eigenvalue weighted by Gasteiger charge is -2.28. The average Bonchev–Trinajstić information content (AvgIpc) is 3.47. The molecule has 2 heteroatoms. The van der Waals surface area contributed by atoms with Gasteiger partial charge in [0.2, 0.25) is 0 Å². The molecule has 0 unspecified atom stereocenters. The van der Waals surface area contributed by atoms with E-state index in [4.69, 9.17) is 0 Å². The molecule has 0 bridgehead atoms. The van der Waals surface area contributed by atoms with Gasteiger partial charge in [0.15, 0.2) is 0 Å². The van der Waals surface area contributed by atoms with Crippen LogP contribution >= 0.6 is 0 Å². The highest BCUT2D eigenvalue weighted by atomic mass is 15.1. The van der Waals surface area contributed by atoms with Crippen molar-refractivity contribution in [3.63, 3.8) is 0 Å². The highest BCUT2D eigenvalue weighted by Crippen LogP contribution is 2.42. The second-order valence-corrected chi connectivity index (χ2v) is 11.8. The lowest BCUT2D eigenvalue weighted by Crippen LogP contribution is -2.11. The van der Waals surface area contributed by atoms with Gasteiger partial charge in [-0.3, -0.25) is 0 Å². The Balaban J connectivity index is 1.13. The molecule has 0 aliphatic heterocycles. The van der Waals surface area contributed by atoms with E-state index < -0.39 is 0 Å². The van der Waals surface area contributed by atoms with E-state index in [2.05, 4.69) is 191 Å². The first-order chi connectivity index (χ1) is 22.8. The van der Waals surface area contributed by atoms with Crippen LogP contribution in [0.25, 0.3) is 60.2 Å². The summed E-state index contributed by atoms with van der Waals surface area (Å²) >= 11 is 0. The molecule has 216 valence electrons. The van der Waals surface area contributed by atoms with Crippen molar-refractivity contribution in [3.05, 3.63) is 182 Å².